The molecule has 1 aliphatic heterocycles. The highest BCUT2D eigenvalue weighted by molar-refractivity contribution is 6.03. The Morgan fingerprint density at radius 3 is 2.77 bits per heavy atom. The number of hydrogen-bond acceptors (Lipinski definition) is 4. The molecule has 1 saturated heterocycles. The normalized spacial score (nSPS) is 14.0. The summed E-state index contributed by atoms with van der Waals surface area (Å²) in [4.78, 5) is 34.7. The summed E-state index contributed by atoms with van der Waals surface area (Å²) in [5.41, 5.74) is 3.36. The van der Waals surface area contributed by atoms with Crippen LogP contribution < -0.4 is 5.32 Å². The third-order valence-corrected chi connectivity index (χ3v) is 4.41. The molecule has 0 unspecified atom stereocenters. The Morgan fingerprint density at radius 2 is 1.96 bits per heavy atom. The van der Waals surface area contributed by atoms with E-state index in [2.05, 4.69) is 15.3 Å². The van der Waals surface area contributed by atoms with Crippen molar-refractivity contribution < 1.29 is 9.59 Å². The third-order valence-electron chi connectivity index (χ3n) is 4.41. The first-order valence-electron chi connectivity index (χ1n) is 8.59. The molecule has 0 atom stereocenters. The molecule has 2 amide bonds. The van der Waals surface area contributed by atoms with Crippen LogP contribution >= 0.6 is 0 Å². The Morgan fingerprint density at radius 1 is 1.12 bits per heavy atom. The van der Waals surface area contributed by atoms with Gasteiger partial charge in [0.15, 0.2) is 0 Å². The zero-order chi connectivity index (χ0) is 17.9. The van der Waals surface area contributed by atoms with Crippen molar-refractivity contribution >= 4 is 28.5 Å². The van der Waals surface area contributed by atoms with Gasteiger partial charge in [0, 0.05) is 25.2 Å². The number of fused-ring (bicyclic) bond motifs is 1. The van der Waals surface area contributed by atoms with E-state index in [0.717, 1.165) is 24.0 Å². The predicted octanol–water partition coefficient (Wildman–Crippen LogP) is 3.00. The van der Waals surface area contributed by atoms with E-state index in [-0.39, 0.29) is 17.5 Å². The zero-order valence-electron chi connectivity index (χ0n) is 14.2. The summed E-state index contributed by atoms with van der Waals surface area (Å²) >= 11 is 0. The van der Waals surface area contributed by atoms with Gasteiger partial charge in [0.2, 0.25) is 5.91 Å². The first-order valence-corrected chi connectivity index (χ1v) is 8.59. The lowest BCUT2D eigenvalue weighted by Crippen LogP contribution is -2.23. The van der Waals surface area contributed by atoms with Crippen molar-refractivity contribution in [3.8, 4) is 0 Å². The van der Waals surface area contributed by atoms with Crippen LogP contribution in [0.1, 0.15) is 28.9 Å². The van der Waals surface area contributed by atoms with Crippen molar-refractivity contribution in [2.75, 3.05) is 11.9 Å². The van der Waals surface area contributed by atoms with Crippen LogP contribution in [-0.2, 0) is 11.3 Å². The zero-order valence-corrected chi connectivity index (χ0v) is 14.2. The number of likely N-dealkylation sites (tertiary alicyclic amines) is 1. The second-order valence-corrected chi connectivity index (χ2v) is 6.32. The minimum Gasteiger partial charge on any atom is -0.338 e. The molecule has 6 nitrogen and oxygen atoms in total. The molecule has 0 bridgehead atoms. The molecule has 1 aliphatic rings. The highest BCUT2D eigenvalue weighted by atomic mass is 16.2. The smallest absolute Gasteiger partial charge is 0.275 e. The summed E-state index contributed by atoms with van der Waals surface area (Å²) in [6, 6.07) is 15.0. The van der Waals surface area contributed by atoms with Crippen molar-refractivity contribution in [1.29, 1.82) is 0 Å². The van der Waals surface area contributed by atoms with E-state index in [1.165, 1.54) is 6.20 Å². The molecule has 1 aromatic heterocycles. The number of aromatic nitrogens is 2. The fourth-order valence-corrected chi connectivity index (χ4v) is 3.10. The lowest BCUT2D eigenvalue weighted by molar-refractivity contribution is -0.128. The number of carbonyl (C=O) groups excluding carboxylic acids is 2. The lowest BCUT2D eigenvalue weighted by atomic mass is 10.2. The van der Waals surface area contributed by atoms with Gasteiger partial charge >= 0.3 is 0 Å². The van der Waals surface area contributed by atoms with Gasteiger partial charge in [0.05, 0.1) is 17.2 Å². The number of nitrogens with one attached hydrogen (secondary N) is 1. The van der Waals surface area contributed by atoms with E-state index in [4.69, 9.17) is 0 Å². The second kappa shape index (κ2) is 6.92. The Kier molecular flexibility index (Phi) is 4.31. The molecule has 26 heavy (non-hydrogen) atoms. The van der Waals surface area contributed by atoms with Gasteiger partial charge in [-0.2, -0.15) is 0 Å². The Balaban J connectivity index is 1.49. The van der Waals surface area contributed by atoms with Crippen LogP contribution in [0.3, 0.4) is 0 Å². The number of carbonyl (C=O) groups is 2. The van der Waals surface area contributed by atoms with Crippen LogP contribution in [0.4, 0.5) is 5.69 Å². The van der Waals surface area contributed by atoms with Crippen molar-refractivity contribution in [2.45, 2.75) is 19.4 Å². The van der Waals surface area contributed by atoms with Crippen molar-refractivity contribution in [3.63, 3.8) is 0 Å². The van der Waals surface area contributed by atoms with E-state index in [1.54, 1.807) is 0 Å². The van der Waals surface area contributed by atoms with Gasteiger partial charge in [0.1, 0.15) is 5.69 Å². The molecule has 1 fully saturated rings. The summed E-state index contributed by atoms with van der Waals surface area (Å²) in [5, 5.41) is 2.85. The SMILES string of the molecule is O=C(Nc1cccc(CN2CCCC2=O)c1)c1cnc2ccccc2n1. The lowest BCUT2D eigenvalue weighted by Gasteiger charge is -2.16. The number of benzene rings is 2. The van der Waals surface area contributed by atoms with Crippen molar-refractivity contribution in [2.24, 2.45) is 0 Å². The Hall–Kier alpha value is -3.28. The van der Waals surface area contributed by atoms with Gasteiger partial charge in [-0.3, -0.25) is 14.6 Å². The van der Waals surface area contributed by atoms with Crippen molar-refractivity contribution in [1.82, 2.24) is 14.9 Å². The van der Waals surface area contributed by atoms with Gasteiger partial charge in [-0.25, -0.2) is 4.98 Å². The first kappa shape index (κ1) is 16.2. The monoisotopic (exact) mass is 346 g/mol. The summed E-state index contributed by atoms with van der Waals surface area (Å²) in [7, 11) is 0. The largest absolute Gasteiger partial charge is 0.338 e. The number of amides is 2. The van der Waals surface area contributed by atoms with Gasteiger partial charge in [-0.1, -0.05) is 24.3 Å². The Labute approximate surface area is 150 Å². The average Bonchev–Trinajstić information content (AvgIpc) is 3.06. The Bertz CT molecular complexity index is 986. The quantitative estimate of drug-likeness (QED) is 0.788. The maximum atomic E-state index is 12.5. The van der Waals surface area contributed by atoms with Gasteiger partial charge < -0.3 is 10.2 Å². The third kappa shape index (κ3) is 3.39. The molecule has 2 aromatic carbocycles. The second-order valence-electron chi connectivity index (χ2n) is 6.32. The van der Waals surface area contributed by atoms with Crippen LogP contribution in [0.2, 0.25) is 0 Å². The minimum atomic E-state index is -0.308. The standard InChI is InChI=1S/C20H18N4O2/c25-19-9-4-10-24(19)13-14-5-3-6-15(11-14)22-20(26)18-12-21-16-7-1-2-8-17(16)23-18/h1-3,5-8,11-12H,4,9-10,13H2,(H,22,26). The van der Waals surface area contributed by atoms with E-state index in [9.17, 15) is 9.59 Å². The highest BCUT2D eigenvalue weighted by Gasteiger charge is 2.20. The van der Waals surface area contributed by atoms with Gasteiger partial charge in [-0.05, 0) is 36.2 Å². The molecule has 0 radical (unpaired) electrons. The number of para-hydroxylation sites is 2. The molecule has 3 aromatic rings. The molecule has 0 aliphatic carbocycles. The molecule has 2 heterocycles. The van der Waals surface area contributed by atoms with Gasteiger partial charge in [-0.15, -0.1) is 0 Å². The highest BCUT2D eigenvalue weighted by Crippen LogP contribution is 2.18. The van der Waals surface area contributed by atoms with Gasteiger partial charge in [0.25, 0.3) is 5.91 Å². The van der Waals surface area contributed by atoms with E-state index in [1.807, 2.05) is 53.4 Å². The molecule has 6 heteroatoms. The maximum Gasteiger partial charge on any atom is 0.275 e. The van der Waals surface area contributed by atoms with E-state index in [0.29, 0.717) is 24.2 Å². The van der Waals surface area contributed by atoms with E-state index < -0.39 is 0 Å². The predicted molar refractivity (Wildman–Crippen MR) is 98.6 cm³/mol. The van der Waals surface area contributed by atoms with E-state index >= 15 is 0 Å². The van der Waals surface area contributed by atoms with Crippen LogP contribution in [-0.4, -0.2) is 33.2 Å². The first-order chi connectivity index (χ1) is 12.7. The average molecular weight is 346 g/mol. The minimum absolute atomic E-state index is 0.186. The van der Waals surface area contributed by atoms with Crippen LogP contribution in [0.15, 0.2) is 54.7 Å². The van der Waals surface area contributed by atoms with Crippen LogP contribution in [0, 0.1) is 0 Å². The molecule has 130 valence electrons. The fraction of sp³-hybridized carbons (Fsp3) is 0.200. The van der Waals surface area contributed by atoms with Crippen LogP contribution in [0.5, 0.6) is 0 Å². The molecular formula is C20H18N4O2. The molecule has 0 spiro atoms. The summed E-state index contributed by atoms with van der Waals surface area (Å²) in [6.07, 6.45) is 3.01. The molecule has 4 rings (SSSR count). The maximum absolute atomic E-state index is 12.5. The topological polar surface area (TPSA) is 75.2 Å². The number of hydrogen-bond donors (Lipinski definition) is 1. The molecule has 0 saturated carbocycles. The number of anilines is 1. The fourth-order valence-electron chi connectivity index (χ4n) is 3.10. The van der Waals surface area contributed by atoms with Crippen LogP contribution in [0.25, 0.3) is 11.0 Å². The van der Waals surface area contributed by atoms with Crippen molar-refractivity contribution in [3.05, 3.63) is 66.0 Å². The number of nitrogens with zero attached hydrogens (tertiary/aromatic N) is 3. The molecular weight excluding hydrogens is 328 g/mol. The summed E-state index contributed by atoms with van der Waals surface area (Å²) in [5.74, 6) is -0.122. The molecule has 1 N–H and O–H groups in total. The summed E-state index contributed by atoms with van der Waals surface area (Å²) < 4.78 is 0. The number of rotatable bonds is 4. The summed E-state index contributed by atoms with van der Waals surface area (Å²) in [6.45, 7) is 1.36.